The fourth-order valence-corrected chi connectivity index (χ4v) is 6.02. The maximum atomic E-state index is 5.76. The van der Waals surface area contributed by atoms with Gasteiger partial charge in [0.2, 0.25) is 0 Å². The maximum Gasteiger partial charge on any atom is 0.0232 e. The highest BCUT2D eigenvalue weighted by Crippen LogP contribution is 2.37. The predicted molar refractivity (Wildman–Crippen MR) is 145 cm³/mol. The molecule has 0 aromatic heterocycles. The predicted octanol–water partition coefficient (Wildman–Crippen LogP) is 2.02. The van der Waals surface area contributed by atoms with Crippen LogP contribution in [0.4, 0.5) is 0 Å². The molecule has 2 heterocycles. The zero-order valence-corrected chi connectivity index (χ0v) is 19.2. The lowest BCUT2D eigenvalue weighted by Gasteiger charge is -2.23. The van der Waals surface area contributed by atoms with Crippen molar-refractivity contribution in [2.45, 2.75) is 12.8 Å². The van der Waals surface area contributed by atoms with Gasteiger partial charge < -0.3 is 21.3 Å². The molecule has 34 heavy (non-hydrogen) atoms. The molecule has 2 aliphatic heterocycles. The van der Waals surface area contributed by atoms with Crippen molar-refractivity contribution in [1.82, 2.24) is 9.80 Å². The van der Waals surface area contributed by atoms with Crippen LogP contribution in [-0.2, 0) is 0 Å². The minimum Gasteiger partial charge on any atom is -0.353 e. The summed E-state index contributed by atoms with van der Waals surface area (Å²) in [5.74, 6) is 0. The SMILES string of the molecule is NCCCN1C=c2ccc3c4ccc5c6c(ccc(c7ccc(c2c37)=C1)c64)=CN(CCCN)C=5. The van der Waals surface area contributed by atoms with E-state index < -0.39 is 0 Å². The van der Waals surface area contributed by atoms with Gasteiger partial charge in [0.25, 0.3) is 0 Å². The molecule has 168 valence electrons. The van der Waals surface area contributed by atoms with Crippen LogP contribution in [0.2, 0.25) is 0 Å². The minimum atomic E-state index is 0.711. The van der Waals surface area contributed by atoms with Gasteiger partial charge in [-0.15, -0.1) is 0 Å². The Morgan fingerprint density at radius 1 is 0.441 bits per heavy atom. The summed E-state index contributed by atoms with van der Waals surface area (Å²) in [4.78, 5) is 4.58. The van der Waals surface area contributed by atoms with E-state index in [1.54, 1.807) is 0 Å². The largest absolute Gasteiger partial charge is 0.353 e. The molecule has 0 bridgehead atoms. The van der Waals surface area contributed by atoms with Crippen molar-refractivity contribution >= 4 is 67.9 Å². The van der Waals surface area contributed by atoms with E-state index in [0.29, 0.717) is 13.1 Å². The molecule has 0 saturated carbocycles. The summed E-state index contributed by atoms with van der Waals surface area (Å²) in [6.07, 6.45) is 11.1. The van der Waals surface area contributed by atoms with E-state index in [0.717, 1.165) is 25.9 Å². The second-order valence-electron chi connectivity index (χ2n) is 9.59. The molecule has 0 amide bonds. The molecule has 0 atom stereocenters. The Labute approximate surface area is 197 Å². The summed E-state index contributed by atoms with van der Waals surface area (Å²) >= 11 is 0. The lowest BCUT2D eigenvalue weighted by molar-refractivity contribution is 0.565. The van der Waals surface area contributed by atoms with Gasteiger partial charge in [0.05, 0.1) is 0 Å². The van der Waals surface area contributed by atoms with E-state index in [-0.39, 0.29) is 0 Å². The third-order valence-corrected chi connectivity index (χ3v) is 7.49. The Hall–Kier alpha value is -3.60. The van der Waals surface area contributed by atoms with Crippen LogP contribution in [-0.4, -0.2) is 36.0 Å². The summed E-state index contributed by atoms with van der Waals surface area (Å²) in [5.41, 5.74) is 11.5. The van der Waals surface area contributed by atoms with Gasteiger partial charge in [-0.1, -0.05) is 48.5 Å². The highest BCUT2D eigenvalue weighted by Gasteiger charge is 2.17. The van der Waals surface area contributed by atoms with Gasteiger partial charge in [0.15, 0.2) is 0 Å². The molecule has 4 nitrogen and oxygen atoms in total. The Balaban J connectivity index is 1.57. The average Bonchev–Trinajstić information content (AvgIpc) is 2.87. The molecule has 0 radical (unpaired) electrons. The first-order chi connectivity index (χ1) is 16.8. The fraction of sp³-hybridized carbons (Fsp3) is 0.200. The third-order valence-electron chi connectivity index (χ3n) is 7.49. The van der Waals surface area contributed by atoms with Gasteiger partial charge in [-0.25, -0.2) is 0 Å². The van der Waals surface area contributed by atoms with E-state index >= 15 is 0 Å². The van der Waals surface area contributed by atoms with Crippen LogP contribution in [0.1, 0.15) is 12.8 Å². The standard InChI is InChI=1S/C30H28N4/c31-11-1-13-33-15-19-3-7-23-25-9-5-21-17-34(14-2-12-32)18-22-6-10-26(30(25)28(21)22)24-8-4-20(16-33)27(19)29(23)24/h3-10,15-18H,1-2,11-14,31-32H2. The van der Waals surface area contributed by atoms with Crippen molar-refractivity contribution in [3.8, 4) is 0 Å². The van der Waals surface area contributed by atoms with Gasteiger partial charge in [0.1, 0.15) is 0 Å². The van der Waals surface area contributed by atoms with Crippen LogP contribution >= 0.6 is 0 Å². The quantitative estimate of drug-likeness (QED) is 0.311. The van der Waals surface area contributed by atoms with E-state index in [1.165, 1.54) is 64.0 Å². The molecule has 5 aromatic carbocycles. The van der Waals surface area contributed by atoms with Gasteiger partial charge in [-0.2, -0.15) is 0 Å². The number of benzene rings is 5. The Morgan fingerprint density at radius 2 is 0.765 bits per heavy atom. The topological polar surface area (TPSA) is 58.5 Å². The maximum absolute atomic E-state index is 5.76. The van der Waals surface area contributed by atoms with Crippen molar-refractivity contribution in [1.29, 1.82) is 0 Å². The molecule has 4 heteroatoms. The third kappa shape index (κ3) is 2.73. The molecule has 5 aromatic rings. The number of fused-ring (bicyclic) bond motifs is 2. The number of hydrogen-bond acceptors (Lipinski definition) is 4. The van der Waals surface area contributed by atoms with Crippen LogP contribution in [0, 0.1) is 0 Å². The summed E-state index contributed by atoms with van der Waals surface area (Å²) in [5, 5.41) is 16.0. The highest BCUT2D eigenvalue weighted by atomic mass is 15.1. The zero-order chi connectivity index (χ0) is 22.8. The number of nitrogens with two attached hydrogens (primary N) is 2. The second kappa shape index (κ2) is 7.45. The average molecular weight is 445 g/mol. The molecule has 0 fully saturated rings. The zero-order valence-electron chi connectivity index (χ0n) is 19.2. The molecule has 0 spiro atoms. The second-order valence-corrected chi connectivity index (χ2v) is 9.59. The van der Waals surface area contributed by atoms with E-state index in [9.17, 15) is 0 Å². The molecule has 7 rings (SSSR count). The molecule has 0 aliphatic carbocycles. The van der Waals surface area contributed by atoms with Gasteiger partial charge in [-0.05, 0) is 79.1 Å². The number of nitrogens with zero attached hydrogens (tertiary/aromatic N) is 2. The lowest BCUT2D eigenvalue weighted by atomic mass is 9.87. The van der Waals surface area contributed by atoms with Crippen molar-refractivity contribution in [2.24, 2.45) is 11.5 Å². The molecule has 2 aliphatic rings. The molecule has 0 saturated heterocycles. The normalized spacial score (nSPS) is 14.5. The van der Waals surface area contributed by atoms with Crippen LogP contribution in [0.15, 0.2) is 48.5 Å². The lowest BCUT2D eigenvalue weighted by Crippen LogP contribution is -2.29. The van der Waals surface area contributed by atoms with Crippen LogP contribution in [0.3, 0.4) is 0 Å². The van der Waals surface area contributed by atoms with Gasteiger partial charge in [-0.3, -0.25) is 0 Å². The Bertz CT molecular complexity index is 1590. The summed E-state index contributed by atoms with van der Waals surface area (Å²) in [6.45, 7) is 3.32. The summed E-state index contributed by atoms with van der Waals surface area (Å²) in [7, 11) is 0. The van der Waals surface area contributed by atoms with Crippen molar-refractivity contribution in [3.63, 3.8) is 0 Å². The Kier molecular flexibility index (Phi) is 4.35. The van der Waals surface area contributed by atoms with Gasteiger partial charge >= 0.3 is 0 Å². The first-order valence-corrected chi connectivity index (χ1v) is 12.3. The number of rotatable bonds is 6. The number of hydrogen-bond donors (Lipinski definition) is 2. The first kappa shape index (κ1) is 19.8. The molecular formula is C30H28N4. The first-order valence-electron chi connectivity index (χ1n) is 12.3. The molecular weight excluding hydrogens is 416 g/mol. The van der Waals surface area contributed by atoms with E-state index in [1.807, 2.05) is 0 Å². The minimum absolute atomic E-state index is 0.711. The van der Waals surface area contributed by atoms with E-state index in [2.05, 4.69) is 83.1 Å². The van der Waals surface area contributed by atoms with Crippen LogP contribution < -0.4 is 32.3 Å². The summed E-state index contributed by atoms with van der Waals surface area (Å²) in [6, 6.07) is 18.5. The van der Waals surface area contributed by atoms with Crippen LogP contribution in [0.5, 0.6) is 0 Å². The molecule has 4 N–H and O–H groups in total. The molecule has 0 unspecified atom stereocenters. The van der Waals surface area contributed by atoms with Crippen molar-refractivity contribution < 1.29 is 0 Å². The smallest absolute Gasteiger partial charge is 0.0232 e. The van der Waals surface area contributed by atoms with Crippen LogP contribution in [0.25, 0.3) is 67.9 Å². The fourth-order valence-electron chi connectivity index (χ4n) is 6.02. The van der Waals surface area contributed by atoms with Crippen molar-refractivity contribution in [3.05, 3.63) is 69.4 Å². The van der Waals surface area contributed by atoms with E-state index in [4.69, 9.17) is 11.5 Å². The Morgan fingerprint density at radius 3 is 1.06 bits per heavy atom. The van der Waals surface area contributed by atoms with Crippen molar-refractivity contribution in [2.75, 3.05) is 26.2 Å². The monoisotopic (exact) mass is 444 g/mol. The highest BCUT2D eigenvalue weighted by molar-refractivity contribution is 6.33. The van der Waals surface area contributed by atoms with Gasteiger partial charge in [0, 0.05) is 48.7 Å². The summed E-state index contributed by atoms with van der Waals surface area (Å²) < 4.78 is 0.